The van der Waals surface area contributed by atoms with E-state index in [0.29, 0.717) is 5.92 Å². The number of rotatable bonds is 14. The Labute approximate surface area is 121 Å². The minimum absolute atomic E-state index is 0.259. The molecule has 2 nitrogen and oxygen atoms in total. The molecule has 0 bridgehead atoms. The van der Waals surface area contributed by atoms with Crippen molar-refractivity contribution in [3.05, 3.63) is 0 Å². The molecule has 0 aliphatic heterocycles. The summed E-state index contributed by atoms with van der Waals surface area (Å²) in [7, 11) is 0. The van der Waals surface area contributed by atoms with Crippen LogP contribution in [-0.2, 0) is 0 Å². The summed E-state index contributed by atoms with van der Waals surface area (Å²) in [5.74, 6) is 0.521. The Hall–Kier alpha value is -0.0800. The zero-order chi connectivity index (χ0) is 14.3. The van der Waals surface area contributed by atoms with Crippen LogP contribution in [0.3, 0.4) is 0 Å². The van der Waals surface area contributed by atoms with Gasteiger partial charge in [0.2, 0.25) is 0 Å². The number of nitrogens with one attached hydrogen (secondary N) is 1. The Morgan fingerprint density at radius 2 is 1.26 bits per heavy atom. The van der Waals surface area contributed by atoms with Crippen molar-refractivity contribution in [1.82, 2.24) is 5.32 Å². The van der Waals surface area contributed by atoms with E-state index in [1.165, 1.54) is 64.2 Å². The fourth-order valence-corrected chi connectivity index (χ4v) is 2.41. The van der Waals surface area contributed by atoms with E-state index in [2.05, 4.69) is 26.1 Å². The average Bonchev–Trinajstić information content (AvgIpc) is 2.40. The van der Waals surface area contributed by atoms with Crippen molar-refractivity contribution in [1.29, 1.82) is 0 Å². The predicted octanol–water partition coefficient (Wildman–Crippen LogP) is 4.51. The molecule has 19 heavy (non-hydrogen) atoms. The van der Waals surface area contributed by atoms with E-state index >= 15 is 0 Å². The number of unbranched alkanes of at least 4 members (excludes halogenated alkanes) is 9. The lowest BCUT2D eigenvalue weighted by molar-refractivity contribution is 0.210. The molecule has 0 aliphatic rings. The molecule has 0 saturated heterocycles. The lowest BCUT2D eigenvalue weighted by Gasteiger charge is -2.19. The Morgan fingerprint density at radius 3 is 1.68 bits per heavy atom. The van der Waals surface area contributed by atoms with E-state index < -0.39 is 0 Å². The molecule has 2 heteroatoms. The summed E-state index contributed by atoms with van der Waals surface area (Å²) in [6.45, 7) is 7.91. The van der Waals surface area contributed by atoms with Crippen LogP contribution in [-0.4, -0.2) is 24.3 Å². The molecule has 0 spiro atoms. The van der Waals surface area contributed by atoms with E-state index in [4.69, 9.17) is 0 Å². The van der Waals surface area contributed by atoms with Crippen molar-refractivity contribution in [2.45, 2.75) is 91.0 Å². The van der Waals surface area contributed by atoms with Crippen LogP contribution < -0.4 is 5.32 Å². The molecule has 0 unspecified atom stereocenters. The monoisotopic (exact) mass is 271 g/mol. The molecule has 0 aliphatic carbocycles. The van der Waals surface area contributed by atoms with Crippen molar-refractivity contribution in [3.8, 4) is 0 Å². The minimum atomic E-state index is 0.259. The van der Waals surface area contributed by atoms with Crippen LogP contribution in [0, 0.1) is 5.92 Å². The first kappa shape index (κ1) is 18.9. The largest absolute Gasteiger partial charge is 0.395 e. The average molecular weight is 271 g/mol. The van der Waals surface area contributed by atoms with Crippen LogP contribution in [0.5, 0.6) is 0 Å². The van der Waals surface area contributed by atoms with Gasteiger partial charge in [0, 0.05) is 6.04 Å². The Balaban J connectivity index is 3.14. The predicted molar refractivity (Wildman–Crippen MR) is 85.6 cm³/mol. The van der Waals surface area contributed by atoms with Crippen molar-refractivity contribution in [2.75, 3.05) is 13.2 Å². The smallest absolute Gasteiger partial charge is 0.0587 e. The van der Waals surface area contributed by atoms with E-state index in [1.54, 1.807) is 0 Å². The van der Waals surface area contributed by atoms with Gasteiger partial charge in [0.1, 0.15) is 0 Å². The van der Waals surface area contributed by atoms with Gasteiger partial charge in [0.05, 0.1) is 6.61 Å². The highest BCUT2D eigenvalue weighted by atomic mass is 16.3. The molecule has 0 aromatic heterocycles. The lowest BCUT2D eigenvalue weighted by Crippen LogP contribution is -2.37. The molecule has 0 saturated carbocycles. The van der Waals surface area contributed by atoms with Crippen LogP contribution in [0.15, 0.2) is 0 Å². The molecule has 0 fully saturated rings. The second kappa shape index (κ2) is 14.3. The Bertz CT molecular complexity index is 171. The number of hydrogen-bond donors (Lipinski definition) is 2. The maximum atomic E-state index is 9.20. The van der Waals surface area contributed by atoms with Gasteiger partial charge < -0.3 is 10.4 Å². The van der Waals surface area contributed by atoms with Crippen LogP contribution in [0.1, 0.15) is 85.0 Å². The van der Waals surface area contributed by atoms with Crippen molar-refractivity contribution in [3.63, 3.8) is 0 Å². The van der Waals surface area contributed by atoms with Gasteiger partial charge in [-0.15, -0.1) is 0 Å². The third-order valence-corrected chi connectivity index (χ3v) is 3.94. The van der Waals surface area contributed by atoms with Gasteiger partial charge in [-0.25, -0.2) is 0 Å². The molecule has 0 rings (SSSR count). The summed E-state index contributed by atoms with van der Waals surface area (Å²) < 4.78 is 0. The maximum Gasteiger partial charge on any atom is 0.0587 e. The summed E-state index contributed by atoms with van der Waals surface area (Å²) in [5, 5.41) is 12.6. The fourth-order valence-electron chi connectivity index (χ4n) is 2.41. The Morgan fingerprint density at radius 1 is 0.789 bits per heavy atom. The van der Waals surface area contributed by atoms with E-state index in [-0.39, 0.29) is 12.6 Å². The summed E-state index contributed by atoms with van der Waals surface area (Å²) >= 11 is 0. The second-order valence-electron chi connectivity index (χ2n) is 6.17. The summed E-state index contributed by atoms with van der Waals surface area (Å²) in [6.07, 6.45) is 13.8. The fraction of sp³-hybridized carbons (Fsp3) is 1.00. The van der Waals surface area contributed by atoms with Crippen molar-refractivity contribution >= 4 is 0 Å². The topological polar surface area (TPSA) is 32.3 Å². The van der Waals surface area contributed by atoms with E-state index in [0.717, 1.165) is 6.54 Å². The molecular formula is C17H37NO. The highest BCUT2D eigenvalue weighted by molar-refractivity contribution is 4.68. The molecule has 0 heterocycles. The summed E-state index contributed by atoms with van der Waals surface area (Å²) in [6, 6.07) is 0.276. The molecule has 0 amide bonds. The third-order valence-electron chi connectivity index (χ3n) is 3.94. The van der Waals surface area contributed by atoms with Crippen molar-refractivity contribution < 1.29 is 5.11 Å². The molecule has 0 aromatic rings. The lowest BCUT2D eigenvalue weighted by atomic mass is 10.0. The van der Waals surface area contributed by atoms with Crippen LogP contribution >= 0.6 is 0 Å². The van der Waals surface area contributed by atoms with Crippen molar-refractivity contribution in [2.24, 2.45) is 5.92 Å². The van der Waals surface area contributed by atoms with Gasteiger partial charge in [0.15, 0.2) is 0 Å². The summed E-state index contributed by atoms with van der Waals surface area (Å²) in [5.41, 5.74) is 0. The molecule has 0 aromatic carbocycles. The Kier molecular flexibility index (Phi) is 14.3. The standard InChI is InChI=1S/C17H37NO/c1-4-5-6-7-8-9-10-11-12-13-14-18-17(15-19)16(2)3/h16-19H,4-15H2,1-3H3/t17-/m1/s1. The maximum absolute atomic E-state index is 9.20. The second-order valence-corrected chi connectivity index (χ2v) is 6.17. The minimum Gasteiger partial charge on any atom is -0.395 e. The number of aliphatic hydroxyl groups is 1. The van der Waals surface area contributed by atoms with Gasteiger partial charge in [-0.3, -0.25) is 0 Å². The SMILES string of the molecule is CCCCCCCCCCCCN[C@H](CO)C(C)C. The van der Waals surface area contributed by atoms with Crippen LogP contribution in [0.4, 0.5) is 0 Å². The zero-order valence-corrected chi connectivity index (χ0v) is 13.6. The normalized spacial score (nSPS) is 13.1. The molecule has 116 valence electrons. The quantitative estimate of drug-likeness (QED) is 0.455. The van der Waals surface area contributed by atoms with Crippen LogP contribution in [0.25, 0.3) is 0 Å². The van der Waals surface area contributed by atoms with Crippen LogP contribution in [0.2, 0.25) is 0 Å². The van der Waals surface area contributed by atoms with Gasteiger partial charge >= 0.3 is 0 Å². The highest BCUT2D eigenvalue weighted by Crippen LogP contribution is 2.10. The third kappa shape index (κ3) is 12.7. The van der Waals surface area contributed by atoms with Gasteiger partial charge in [-0.1, -0.05) is 78.6 Å². The molecular weight excluding hydrogens is 234 g/mol. The van der Waals surface area contributed by atoms with Gasteiger partial charge in [0.25, 0.3) is 0 Å². The summed E-state index contributed by atoms with van der Waals surface area (Å²) in [4.78, 5) is 0. The molecule has 2 N–H and O–H groups in total. The first-order valence-electron chi connectivity index (χ1n) is 8.56. The molecule has 0 radical (unpaired) electrons. The first-order valence-corrected chi connectivity index (χ1v) is 8.56. The van der Waals surface area contributed by atoms with E-state index in [9.17, 15) is 5.11 Å². The zero-order valence-electron chi connectivity index (χ0n) is 13.6. The van der Waals surface area contributed by atoms with E-state index in [1.807, 2.05) is 0 Å². The molecule has 1 atom stereocenters. The van der Waals surface area contributed by atoms with Gasteiger partial charge in [-0.05, 0) is 18.9 Å². The number of hydrogen-bond acceptors (Lipinski definition) is 2. The first-order chi connectivity index (χ1) is 9.22. The highest BCUT2D eigenvalue weighted by Gasteiger charge is 2.09. The van der Waals surface area contributed by atoms with Gasteiger partial charge in [-0.2, -0.15) is 0 Å². The number of aliphatic hydroxyl groups excluding tert-OH is 1.